The molecule has 1 aromatic carbocycles. The number of nitrogens with one attached hydrogen (secondary N) is 1. The molecule has 0 radical (unpaired) electrons. The molecular formula is C16H16N4O3S. The largest absolute Gasteiger partial charge is 0.349 e. The highest BCUT2D eigenvalue weighted by Crippen LogP contribution is 2.21. The highest BCUT2D eigenvalue weighted by molar-refractivity contribution is 7.09. The lowest BCUT2D eigenvalue weighted by molar-refractivity contribution is 0.0650. The minimum absolute atomic E-state index is 0.123. The van der Waals surface area contributed by atoms with Gasteiger partial charge in [0.1, 0.15) is 5.69 Å². The number of carbonyl (C=O) groups excluding carboxylic acids is 3. The number of hydrogen-bond donors (Lipinski definition) is 2. The van der Waals surface area contributed by atoms with Gasteiger partial charge in [-0.3, -0.25) is 19.3 Å². The smallest absolute Gasteiger partial charge is 0.270 e. The van der Waals surface area contributed by atoms with Gasteiger partial charge in [0.25, 0.3) is 17.7 Å². The number of hydrogen-bond acceptors (Lipinski definition) is 6. The van der Waals surface area contributed by atoms with Crippen LogP contribution in [0.2, 0.25) is 0 Å². The van der Waals surface area contributed by atoms with Crippen molar-refractivity contribution in [1.82, 2.24) is 15.2 Å². The van der Waals surface area contributed by atoms with Gasteiger partial charge in [0, 0.05) is 24.9 Å². The average molecular weight is 344 g/mol. The molecule has 2 heterocycles. The monoisotopic (exact) mass is 344 g/mol. The van der Waals surface area contributed by atoms with E-state index >= 15 is 0 Å². The summed E-state index contributed by atoms with van der Waals surface area (Å²) in [6.07, 6.45) is 0.632. The van der Waals surface area contributed by atoms with E-state index in [-0.39, 0.29) is 30.8 Å². The standard InChI is InChI=1S/C16H16N4O3S/c17-6-5-13-19-12(9-24-13)14(21)18-7-8-20-15(22)10-3-1-2-4-11(10)16(20)23/h1-4,9H,5-8,17H2,(H,18,21). The molecule has 0 unspecified atom stereocenters. The van der Waals surface area contributed by atoms with Gasteiger partial charge < -0.3 is 11.1 Å². The van der Waals surface area contributed by atoms with E-state index < -0.39 is 0 Å². The zero-order valence-corrected chi connectivity index (χ0v) is 13.6. The molecule has 3 rings (SSSR count). The zero-order chi connectivity index (χ0) is 17.1. The van der Waals surface area contributed by atoms with Crippen LogP contribution in [0.5, 0.6) is 0 Å². The first-order chi connectivity index (χ1) is 11.6. The topological polar surface area (TPSA) is 105 Å². The maximum atomic E-state index is 12.2. The van der Waals surface area contributed by atoms with Crippen molar-refractivity contribution in [3.63, 3.8) is 0 Å². The van der Waals surface area contributed by atoms with Crippen molar-refractivity contribution >= 4 is 29.1 Å². The average Bonchev–Trinajstić information content (AvgIpc) is 3.14. The molecule has 0 atom stereocenters. The van der Waals surface area contributed by atoms with E-state index in [4.69, 9.17) is 5.73 Å². The van der Waals surface area contributed by atoms with E-state index in [2.05, 4.69) is 10.3 Å². The van der Waals surface area contributed by atoms with Gasteiger partial charge in [-0.1, -0.05) is 12.1 Å². The summed E-state index contributed by atoms with van der Waals surface area (Å²) in [5.74, 6) is -0.987. The third-order valence-electron chi connectivity index (χ3n) is 3.64. The number of amides is 3. The third-order valence-corrected chi connectivity index (χ3v) is 4.55. The zero-order valence-electron chi connectivity index (χ0n) is 12.8. The molecule has 0 aliphatic carbocycles. The fraction of sp³-hybridized carbons (Fsp3) is 0.250. The summed E-state index contributed by atoms with van der Waals surface area (Å²) in [5.41, 5.74) is 6.58. The first-order valence-electron chi connectivity index (χ1n) is 7.49. The Bertz CT molecular complexity index is 767. The van der Waals surface area contributed by atoms with Crippen LogP contribution in [0.25, 0.3) is 0 Å². The number of rotatable bonds is 6. The normalized spacial score (nSPS) is 13.3. The van der Waals surface area contributed by atoms with Crippen LogP contribution >= 0.6 is 11.3 Å². The lowest BCUT2D eigenvalue weighted by atomic mass is 10.1. The van der Waals surface area contributed by atoms with Crippen LogP contribution in [0.3, 0.4) is 0 Å². The first-order valence-corrected chi connectivity index (χ1v) is 8.37. The second-order valence-corrected chi connectivity index (χ2v) is 6.17. The maximum absolute atomic E-state index is 12.2. The Morgan fingerprint density at radius 3 is 2.50 bits per heavy atom. The first kappa shape index (κ1) is 16.3. The van der Waals surface area contributed by atoms with E-state index in [1.807, 2.05) is 0 Å². The van der Waals surface area contributed by atoms with E-state index in [0.717, 1.165) is 9.91 Å². The van der Waals surface area contributed by atoms with Crippen LogP contribution in [0.1, 0.15) is 36.2 Å². The molecule has 0 spiro atoms. The van der Waals surface area contributed by atoms with Crippen molar-refractivity contribution in [2.75, 3.05) is 19.6 Å². The summed E-state index contributed by atoms with van der Waals surface area (Å²) in [6, 6.07) is 6.69. The van der Waals surface area contributed by atoms with Crippen LogP contribution in [-0.4, -0.2) is 47.2 Å². The molecule has 3 amide bonds. The molecule has 0 fully saturated rings. The van der Waals surface area contributed by atoms with E-state index in [9.17, 15) is 14.4 Å². The summed E-state index contributed by atoms with van der Waals surface area (Å²) < 4.78 is 0. The molecule has 7 nitrogen and oxygen atoms in total. The van der Waals surface area contributed by atoms with Crippen molar-refractivity contribution in [1.29, 1.82) is 0 Å². The molecule has 8 heteroatoms. The molecule has 1 aliphatic heterocycles. The van der Waals surface area contributed by atoms with Crippen molar-refractivity contribution in [2.45, 2.75) is 6.42 Å². The third kappa shape index (κ3) is 3.06. The summed E-state index contributed by atoms with van der Waals surface area (Å²) >= 11 is 1.38. The van der Waals surface area contributed by atoms with Crippen molar-refractivity contribution in [3.8, 4) is 0 Å². The van der Waals surface area contributed by atoms with Gasteiger partial charge in [0.2, 0.25) is 0 Å². The number of carbonyl (C=O) groups is 3. The number of thiazole rings is 1. The molecule has 1 aromatic heterocycles. The summed E-state index contributed by atoms with van der Waals surface area (Å²) in [7, 11) is 0. The molecule has 2 aromatic rings. The van der Waals surface area contributed by atoms with Gasteiger partial charge in [0.15, 0.2) is 0 Å². The fourth-order valence-electron chi connectivity index (χ4n) is 2.47. The van der Waals surface area contributed by atoms with Crippen LogP contribution < -0.4 is 11.1 Å². The van der Waals surface area contributed by atoms with Crippen LogP contribution in [0.4, 0.5) is 0 Å². The Kier molecular flexibility index (Phi) is 4.68. The Morgan fingerprint density at radius 2 is 1.88 bits per heavy atom. The van der Waals surface area contributed by atoms with Gasteiger partial charge in [-0.15, -0.1) is 11.3 Å². The number of fused-ring (bicyclic) bond motifs is 1. The van der Waals surface area contributed by atoms with Crippen LogP contribution in [0, 0.1) is 0 Å². The fourth-order valence-corrected chi connectivity index (χ4v) is 3.26. The molecule has 1 aliphatic rings. The molecule has 0 bridgehead atoms. The SMILES string of the molecule is NCCc1nc(C(=O)NCCN2C(=O)c3ccccc3C2=O)cs1. The minimum Gasteiger partial charge on any atom is -0.349 e. The molecular weight excluding hydrogens is 328 g/mol. The quantitative estimate of drug-likeness (QED) is 0.749. The molecule has 0 saturated heterocycles. The summed E-state index contributed by atoms with van der Waals surface area (Å²) in [4.78, 5) is 41.8. The number of aromatic nitrogens is 1. The van der Waals surface area contributed by atoms with Gasteiger partial charge in [-0.05, 0) is 18.7 Å². The predicted octanol–water partition coefficient (Wildman–Crippen LogP) is 0.670. The second kappa shape index (κ2) is 6.90. The van der Waals surface area contributed by atoms with Gasteiger partial charge in [0.05, 0.1) is 16.1 Å². The molecule has 0 saturated carbocycles. The van der Waals surface area contributed by atoms with Gasteiger partial charge >= 0.3 is 0 Å². The number of nitrogens with two attached hydrogens (primary N) is 1. The van der Waals surface area contributed by atoms with Gasteiger partial charge in [-0.25, -0.2) is 4.98 Å². The van der Waals surface area contributed by atoms with Crippen molar-refractivity contribution in [3.05, 3.63) is 51.5 Å². The Labute approximate surface area is 142 Å². The summed E-state index contributed by atoms with van der Waals surface area (Å²) in [5, 5.41) is 5.15. The van der Waals surface area contributed by atoms with Crippen molar-refractivity contribution < 1.29 is 14.4 Å². The summed E-state index contributed by atoms with van der Waals surface area (Å²) in [6.45, 7) is 0.778. The van der Waals surface area contributed by atoms with E-state index in [1.165, 1.54) is 11.3 Å². The minimum atomic E-state index is -0.330. The second-order valence-electron chi connectivity index (χ2n) is 5.23. The number of nitrogens with zero attached hydrogens (tertiary/aromatic N) is 2. The van der Waals surface area contributed by atoms with Crippen LogP contribution in [0.15, 0.2) is 29.6 Å². The molecule has 124 valence electrons. The Hall–Kier alpha value is -2.58. The van der Waals surface area contributed by atoms with Crippen LogP contribution in [-0.2, 0) is 6.42 Å². The lowest BCUT2D eigenvalue weighted by Crippen LogP contribution is -2.38. The maximum Gasteiger partial charge on any atom is 0.270 e. The highest BCUT2D eigenvalue weighted by atomic mass is 32.1. The lowest BCUT2D eigenvalue weighted by Gasteiger charge is -2.13. The van der Waals surface area contributed by atoms with Gasteiger partial charge in [-0.2, -0.15) is 0 Å². The van der Waals surface area contributed by atoms with E-state index in [1.54, 1.807) is 29.6 Å². The van der Waals surface area contributed by atoms with Crippen molar-refractivity contribution in [2.24, 2.45) is 5.73 Å². The Balaban J connectivity index is 1.56. The number of imide groups is 1. The predicted molar refractivity (Wildman–Crippen MR) is 89.0 cm³/mol. The molecule has 3 N–H and O–H groups in total. The molecule has 24 heavy (non-hydrogen) atoms. The Morgan fingerprint density at radius 1 is 1.21 bits per heavy atom. The number of benzene rings is 1. The highest BCUT2D eigenvalue weighted by Gasteiger charge is 2.34. The van der Waals surface area contributed by atoms with E-state index in [0.29, 0.717) is 29.8 Å².